The molecule has 8 nitrogen and oxygen atoms in total. The topological polar surface area (TPSA) is 125 Å². The van der Waals surface area contributed by atoms with Crippen molar-refractivity contribution >= 4 is 23.7 Å². The van der Waals surface area contributed by atoms with E-state index in [9.17, 15) is 19.2 Å². The predicted octanol–water partition coefficient (Wildman–Crippen LogP) is 6.99. The maximum Gasteiger partial charge on any atom is 0.328 e. The van der Waals surface area contributed by atoms with Gasteiger partial charge >= 0.3 is 5.97 Å². The number of nitrogens with one attached hydrogen (secondary N) is 1. The maximum atomic E-state index is 13.3. The van der Waals surface area contributed by atoms with Crippen LogP contribution in [0.4, 0.5) is 0 Å². The number of amides is 2. The first kappa shape index (κ1) is 36.3. The molecule has 0 heterocycles. The molecule has 0 fully saturated rings. The minimum atomic E-state index is -1.07. The van der Waals surface area contributed by atoms with E-state index in [0.717, 1.165) is 24.8 Å². The van der Waals surface area contributed by atoms with Crippen LogP contribution in [0.1, 0.15) is 119 Å². The highest BCUT2D eigenvalue weighted by Crippen LogP contribution is 2.17. The van der Waals surface area contributed by atoms with E-state index in [-0.39, 0.29) is 31.6 Å². The van der Waals surface area contributed by atoms with Crippen LogP contribution in [0.15, 0.2) is 66.4 Å². The Hall–Kier alpha value is -3.90. The molecule has 2 atom stereocenters. The molecule has 8 heteroatoms. The molecular formula is C36H50N2O6. The number of hydrogen-bond acceptors (Lipinski definition) is 6. The van der Waals surface area contributed by atoms with E-state index in [4.69, 9.17) is 15.2 Å². The minimum absolute atomic E-state index is 0.0373. The largest absolute Gasteiger partial charge is 0.482 e. The summed E-state index contributed by atoms with van der Waals surface area (Å²) in [6, 6.07) is 16.8. The third-order valence-corrected chi connectivity index (χ3v) is 7.50. The summed E-state index contributed by atoms with van der Waals surface area (Å²) >= 11 is 0. The van der Waals surface area contributed by atoms with Gasteiger partial charge in [-0.05, 0) is 37.0 Å². The van der Waals surface area contributed by atoms with Gasteiger partial charge in [0.05, 0.1) is 6.42 Å². The zero-order chi connectivity index (χ0) is 31.8. The number of nitrogens with two attached hydrogens (primary N) is 1. The summed E-state index contributed by atoms with van der Waals surface area (Å²) in [4.78, 5) is 49.6. The van der Waals surface area contributed by atoms with Gasteiger partial charge in [0, 0.05) is 12.0 Å². The molecule has 2 amide bonds. The average molecular weight is 607 g/mol. The number of allylic oxidation sites excluding steroid dienone is 1. The molecule has 3 N–H and O–H groups in total. The first-order chi connectivity index (χ1) is 21.4. The Kier molecular flexibility index (Phi) is 18.7. The molecule has 0 aliphatic heterocycles. The molecule has 44 heavy (non-hydrogen) atoms. The molecule has 240 valence electrons. The molecule has 0 saturated heterocycles. The lowest BCUT2D eigenvalue weighted by molar-refractivity contribution is -0.153. The molecule has 2 aromatic carbocycles. The number of ether oxygens (including phenoxy) is 2. The first-order valence-electron chi connectivity index (χ1n) is 16.2. The Morgan fingerprint density at radius 2 is 1.36 bits per heavy atom. The van der Waals surface area contributed by atoms with Gasteiger partial charge < -0.3 is 20.5 Å². The van der Waals surface area contributed by atoms with Gasteiger partial charge in [0.15, 0.2) is 11.7 Å². The molecule has 0 aliphatic rings. The minimum Gasteiger partial charge on any atom is -0.482 e. The molecule has 0 saturated carbocycles. The van der Waals surface area contributed by atoms with Crippen molar-refractivity contribution in [3.8, 4) is 0 Å². The molecular weight excluding hydrogens is 556 g/mol. The lowest BCUT2D eigenvalue weighted by Gasteiger charge is -2.22. The average Bonchev–Trinajstić information content (AvgIpc) is 3.03. The van der Waals surface area contributed by atoms with Gasteiger partial charge in [0.25, 0.3) is 5.91 Å². The predicted molar refractivity (Wildman–Crippen MR) is 172 cm³/mol. The van der Waals surface area contributed by atoms with Crippen LogP contribution in [-0.4, -0.2) is 35.9 Å². The molecule has 2 aromatic rings. The van der Waals surface area contributed by atoms with Gasteiger partial charge in [-0.2, -0.15) is 0 Å². The second kappa shape index (κ2) is 22.6. The number of rotatable bonds is 24. The van der Waals surface area contributed by atoms with E-state index >= 15 is 0 Å². The smallest absolute Gasteiger partial charge is 0.328 e. The summed E-state index contributed by atoms with van der Waals surface area (Å²) in [5.41, 5.74) is 6.73. The third kappa shape index (κ3) is 16.1. The Labute approximate surface area is 262 Å². The number of esters is 1. The van der Waals surface area contributed by atoms with Crippen molar-refractivity contribution in [2.24, 2.45) is 5.73 Å². The van der Waals surface area contributed by atoms with Crippen molar-refractivity contribution in [3.63, 3.8) is 0 Å². The third-order valence-electron chi connectivity index (χ3n) is 7.50. The Balaban J connectivity index is 1.92. The van der Waals surface area contributed by atoms with Crippen molar-refractivity contribution in [1.29, 1.82) is 0 Å². The van der Waals surface area contributed by atoms with Crippen molar-refractivity contribution in [2.45, 2.75) is 122 Å². The van der Waals surface area contributed by atoms with Crippen molar-refractivity contribution < 1.29 is 28.7 Å². The second-order valence-corrected chi connectivity index (χ2v) is 11.3. The highest BCUT2D eigenvalue weighted by Gasteiger charge is 2.27. The van der Waals surface area contributed by atoms with Gasteiger partial charge in [0.2, 0.25) is 5.91 Å². The van der Waals surface area contributed by atoms with Gasteiger partial charge in [0.1, 0.15) is 18.8 Å². The van der Waals surface area contributed by atoms with Gasteiger partial charge in [-0.3, -0.25) is 9.59 Å². The summed E-state index contributed by atoms with van der Waals surface area (Å²) in [5, 5.41) is 2.73. The van der Waals surface area contributed by atoms with Crippen LogP contribution in [0, 0.1) is 0 Å². The Morgan fingerprint density at radius 3 is 1.93 bits per heavy atom. The van der Waals surface area contributed by atoms with E-state index < -0.39 is 29.9 Å². The van der Waals surface area contributed by atoms with Gasteiger partial charge in [-0.15, -0.1) is 0 Å². The summed E-state index contributed by atoms with van der Waals surface area (Å²) in [6.07, 6.45) is 12.9. The lowest BCUT2D eigenvalue weighted by Crippen LogP contribution is -2.43. The van der Waals surface area contributed by atoms with E-state index in [1.54, 1.807) is 36.3 Å². The zero-order valence-electron chi connectivity index (χ0n) is 26.3. The molecule has 0 unspecified atom stereocenters. The molecule has 0 aromatic heterocycles. The number of hydrogen-bond donors (Lipinski definition) is 2. The van der Waals surface area contributed by atoms with Crippen LogP contribution in [-0.2, 0) is 30.5 Å². The number of carbonyl (C=O) groups excluding carboxylic acids is 4. The molecule has 0 radical (unpaired) electrons. The fourth-order valence-electron chi connectivity index (χ4n) is 4.96. The molecule has 0 bridgehead atoms. The van der Waals surface area contributed by atoms with E-state index in [1.807, 2.05) is 30.3 Å². The maximum absolute atomic E-state index is 13.3. The van der Waals surface area contributed by atoms with Gasteiger partial charge in [-0.25, -0.2) is 9.59 Å². The second-order valence-electron chi connectivity index (χ2n) is 11.3. The summed E-state index contributed by atoms with van der Waals surface area (Å²) < 4.78 is 11.4. The highest BCUT2D eigenvalue weighted by molar-refractivity contribution is 5.96. The van der Waals surface area contributed by atoms with Crippen LogP contribution >= 0.6 is 0 Å². The molecule has 2 rings (SSSR count). The van der Waals surface area contributed by atoms with Crippen molar-refractivity contribution in [1.82, 2.24) is 5.32 Å². The monoisotopic (exact) mass is 606 g/mol. The number of unbranched alkanes of at least 4 members (excludes halogenated alkanes) is 10. The normalized spacial score (nSPS) is 12.0. The summed E-state index contributed by atoms with van der Waals surface area (Å²) in [5.74, 6) is 0.143. The quantitative estimate of drug-likeness (QED) is 0.0575. The molecule has 0 spiro atoms. The standard InChI is InChI=1S/C36H50N2O6/c1-2-3-4-5-6-7-8-9-10-11-18-23-31(26-34(37)40)44-36(42)33(38-35(41)30-21-16-13-17-22-30)25-24-32(27-39)43-28-29-19-14-12-15-20-29/h12-17,19-22,31,33H,2-11,18,23-26,28H2,1H3,(H2,37,40)(H,38,41)/t31-,33-/m0/s1. The Bertz CT molecular complexity index is 1150. The van der Waals surface area contributed by atoms with E-state index in [2.05, 4.69) is 12.2 Å². The van der Waals surface area contributed by atoms with Crippen LogP contribution in [0.2, 0.25) is 0 Å². The zero-order valence-corrected chi connectivity index (χ0v) is 26.3. The van der Waals surface area contributed by atoms with Crippen LogP contribution in [0.5, 0.6) is 0 Å². The van der Waals surface area contributed by atoms with E-state index in [0.29, 0.717) is 12.0 Å². The number of benzene rings is 2. The fourth-order valence-corrected chi connectivity index (χ4v) is 4.96. The Morgan fingerprint density at radius 1 is 0.795 bits per heavy atom. The van der Waals surface area contributed by atoms with Crippen LogP contribution in [0.3, 0.4) is 0 Å². The summed E-state index contributed by atoms with van der Waals surface area (Å²) in [7, 11) is 0. The number of primary amides is 1. The fraction of sp³-hybridized carbons (Fsp3) is 0.528. The van der Waals surface area contributed by atoms with Crippen LogP contribution in [0.25, 0.3) is 0 Å². The SMILES string of the molecule is CCCCCCCCCCCCC[C@@H](CC(N)=O)OC(=O)[C@H](CCC(=C=O)OCc1ccccc1)NC(=O)c1ccccc1. The van der Waals surface area contributed by atoms with E-state index in [1.165, 1.54) is 51.4 Å². The van der Waals surface area contributed by atoms with Crippen molar-refractivity contribution in [2.75, 3.05) is 0 Å². The number of carbonyl (C=O) groups is 3. The first-order valence-corrected chi connectivity index (χ1v) is 16.2. The lowest BCUT2D eigenvalue weighted by atomic mass is 10.0. The molecule has 0 aliphatic carbocycles. The van der Waals surface area contributed by atoms with Crippen LogP contribution < -0.4 is 11.1 Å². The van der Waals surface area contributed by atoms with Crippen molar-refractivity contribution in [3.05, 3.63) is 77.5 Å². The highest BCUT2D eigenvalue weighted by atomic mass is 16.5. The summed E-state index contributed by atoms with van der Waals surface area (Å²) in [6.45, 7) is 2.40. The van der Waals surface area contributed by atoms with Gasteiger partial charge in [-0.1, -0.05) is 120 Å².